The number of amides is 2. The Morgan fingerprint density at radius 2 is 1.50 bits per heavy atom. The molecule has 1 unspecified atom stereocenters. The second-order valence-corrected chi connectivity index (χ2v) is 10.2. The molecule has 2 N–H and O–H groups in total. The number of nitrogens with zero attached hydrogens (tertiary/aromatic N) is 1. The van der Waals surface area contributed by atoms with E-state index >= 15 is 0 Å². The van der Waals surface area contributed by atoms with E-state index in [2.05, 4.69) is 10.6 Å². The van der Waals surface area contributed by atoms with E-state index in [1.54, 1.807) is 36.4 Å². The molecule has 0 saturated carbocycles. The summed E-state index contributed by atoms with van der Waals surface area (Å²) < 4.78 is 26.0. The topological polar surface area (TPSA) is 95.6 Å². The zero-order valence-corrected chi connectivity index (χ0v) is 20.5. The van der Waals surface area contributed by atoms with Crippen LogP contribution in [-0.4, -0.2) is 33.0 Å². The van der Waals surface area contributed by atoms with Crippen molar-refractivity contribution in [1.29, 1.82) is 0 Å². The molecule has 2 amide bonds. The van der Waals surface area contributed by atoms with Crippen LogP contribution in [0.5, 0.6) is 0 Å². The van der Waals surface area contributed by atoms with E-state index in [1.807, 2.05) is 57.2 Å². The van der Waals surface area contributed by atoms with Gasteiger partial charge in [-0.25, -0.2) is 8.42 Å². The molecule has 1 atom stereocenters. The number of nitrogens with one attached hydrogen (secondary N) is 2. The van der Waals surface area contributed by atoms with E-state index in [0.717, 1.165) is 27.3 Å². The van der Waals surface area contributed by atoms with Crippen molar-refractivity contribution in [3.63, 3.8) is 0 Å². The van der Waals surface area contributed by atoms with E-state index in [4.69, 9.17) is 0 Å². The van der Waals surface area contributed by atoms with Crippen LogP contribution in [0.15, 0.2) is 72.8 Å². The molecule has 8 heteroatoms. The normalized spacial score (nSPS) is 12.0. The molecule has 0 heterocycles. The first kappa shape index (κ1) is 25.0. The summed E-state index contributed by atoms with van der Waals surface area (Å²) in [6.07, 6.45) is 1.06. The number of sulfonamides is 1. The zero-order valence-electron chi connectivity index (χ0n) is 19.7. The van der Waals surface area contributed by atoms with Crippen LogP contribution in [0.25, 0.3) is 0 Å². The maximum Gasteiger partial charge on any atom is 0.253 e. The van der Waals surface area contributed by atoms with Gasteiger partial charge >= 0.3 is 0 Å². The summed E-state index contributed by atoms with van der Waals surface area (Å²) >= 11 is 0. The highest BCUT2D eigenvalue weighted by Crippen LogP contribution is 2.22. The zero-order chi connectivity index (χ0) is 24.9. The van der Waals surface area contributed by atoms with Crippen molar-refractivity contribution >= 4 is 33.2 Å². The summed E-state index contributed by atoms with van der Waals surface area (Å²) in [6.45, 7) is 5.19. The van der Waals surface area contributed by atoms with Crippen molar-refractivity contribution in [2.24, 2.45) is 0 Å². The molecular formula is C26H29N3O4S. The molecule has 0 spiro atoms. The second kappa shape index (κ2) is 10.5. The van der Waals surface area contributed by atoms with Gasteiger partial charge in [-0.3, -0.25) is 13.9 Å². The predicted octanol–water partition coefficient (Wildman–Crippen LogP) is 4.20. The van der Waals surface area contributed by atoms with Gasteiger partial charge in [0.05, 0.1) is 29.2 Å². The van der Waals surface area contributed by atoms with E-state index in [0.29, 0.717) is 11.4 Å². The van der Waals surface area contributed by atoms with Gasteiger partial charge < -0.3 is 10.6 Å². The van der Waals surface area contributed by atoms with Crippen LogP contribution in [0.4, 0.5) is 11.4 Å². The number of anilines is 2. The van der Waals surface area contributed by atoms with Gasteiger partial charge in [0.1, 0.15) is 6.54 Å². The molecule has 0 aliphatic rings. The first-order valence-electron chi connectivity index (χ1n) is 10.9. The standard InChI is InChI=1S/C26H29N3O4S/c1-18-14-19(2)16-22(15-18)29(34(4,32)33)17-25(30)28-24-13-9-8-12-23(24)26(31)27-20(3)21-10-6-5-7-11-21/h5-16,20H,17H2,1-4H3,(H,27,31)(H,28,30). The van der Waals surface area contributed by atoms with Crippen LogP contribution in [0.3, 0.4) is 0 Å². The lowest BCUT2D eigenvalue weighted by Crippen LogP contribution is -2.38. The van der Waals surface area contributed by atoms with Crippen molar-refractivity contribution in [3.8, 4) is 0 Å². The SMILES string of the molecule is Cc1cc(C)cc(N(CC(=O)Nc2ccccc2C(=O)NC(C)c2ccccc2)S(C)(=O)=O)c1. The lowest BCUT2D eigenvalue weighted by molar-refractivity contribution is -0.114. The summed E-state index contributed by atoms with van der Waals surface area (Å²) in [5.74, 6) is -0.900. The fourth-order valence-corrected chi connectivity index (χ4v) is 4.54. The fraction of sp³-hybridized carbons (Fsp3) is 0.231. The minimum absolute atomic E-state index is 0.234. The molecule has 0 radical (unpaired) electrons. The molecule has 0 aliphatic heterocycles. The van der Waals surface area contributed by atoms with Crippen LogP contribution in [-0.2, 0) is 14.8 Å². The molecule has 34 heavy (non-hydrogen) atoms. The highest BCUT2D eigenvalue weighted by Gasteiger charge is 2.23. The van der Waals surface area contributed by atoms with Gasteiger partial charge in [-0.1, -0.05) is 48.5 Å². The van der Waals surface area contributed by atoms with Crippen molar-refractivity contribution in [1.82, 2.24) is 5.32 Å². The average Bonchev–Trinajstić information content (AvgIpc) is 2.77. The highest BCUT2D eigenvalue weighted by molar-refractivity contribution is 7.92. The summed E-state index contributed by atoms with van der Waals surface area (Å²) in [4.78, 5) is 25.8. The number of aryl methyl sites for hydroxylation is 2. The van der Waals surface area contributed by atoms with E-state index < -0.39 is 22.5 Å². The largest absolute Gasteiger partial charge is 0.345 e. The molecule has 0 fully saturated rings. The Balaban J connectivity index is 1.78. The molecule has 0 aromatic heterocycles. The number of hydrogen-bond donors (Lipinski definition) is 2. The van der Waals surface area contributed by atoms with Gasteiger partial charge in [0.25, 0.3) is 5.91 Å². The predicted molar refractivity (Wildman–Crippen MR) is 136 cm³/mol. The Labute approximate surface area is 200 Å². The number of rotatable bonds is 8. The minimum Gasteiger partial charge on any atom is -0.345 e. The third-order valence-electron chi connectivity index (χ3n) is 5.27. The van der Waals surface area contributed by atoms with Gasteiger partial charge in [0, 0.05) is 0 Å². The molecular weight excluding hydrogens is 450 g/mol. The molecule has 178 valence electrons. The quantitative estimate of drug-likeness (QED) is 0.506. The molecule has 0 aliphatic carbocycles. The van der Waals surface area contributed by atoms with E-state index in [9.17, 15) is 18.0 Å². The van der Waals surface area contributed by atoms with Crippen molar-refractivity contribution in [2.45, 2.75) is 26.8 Å². The smallest absolute Gasteiger partial charge is 0.253 e. The van der Waals surface area contributed by atoms with E-state index in [-0.39, 0.29) is 17.5 Å². The maximum atomic E-state index is 12.9. The van der Waals surface area contributed by atoms with Crippen molar-refractivity contribution in [3.05, 3.63) is 95.1 Å². The van der Waals surface area contributed by atoms with Crippen molar-refractivity contribution < 1.29 is 18.0 Å². The number of para-hydroxylation sites is 1. The first-order valence-corrected chi connectivity index (χ1v) is 12.7. The summed E-state index contributed by atoms with van der Waals surface area (Å²) in [5.41, 5.74) is 3.74. The third-order valence-corrected chi connectivity index (χ3v) is 6.42. The molecule has 3 aromatic rings. The van der Waals surface area contributed by atoms with Crippen LogP contribution < -0.4 is 14.9 Å². The summed E-state index contributed by atoms with van der Waals surface area (Å²) in [7, 11) is -3.72. The van der Waals surface area contributed by atoms with Gasteiger partial charge in [-0.05, 0) is 61.7 Å². The monoisotopic (exact) mass is 479 g/mol. The van der Waals surface area contributed by atoms with Crippen LogP contribution in [0, 0.1) is 13.8 Å². The Kier molecular flexibility index (Phi) is 7.73. The van der Waals surface area contributed by atoms with Crippen molar-refractivity contribution in [2.75, 3.05) is 22.4 Å². The van der Waals surface area contributed by atoms with Gasteiger partial charge in [-0.2, -0.15) is 0 Å². The molecule has 3 aromatic carbocycles. The third kappa shape index (κ3) is 6.45. The number of carbonyl (C=O) groups is 2. The van der Waals surface area contributed by atoms with E-state index in [1.165, 1.54) is 0 Å². The van der Waals surface area contributed by atoms with Gasteiger partial charge in [-0.15, -0.1) is 0 Å². The lowest BCUT2D eigenvalue weighted by atomic mass is 10.1. The Bertz CT molecular complexity index is 1270. The highest BCUT2D eigenvalue weighted by atomic mass is 32.2. The number of carbonyl (C=O) groups excluding carboxylic acids is 2. The Morgan fingerprint density at radius 3 is 2.12 bits per heavy atom. The summed E-state index contributed by atoms with van der Waals surface area (Å²) in [6, 6.07) is 21.3. The first-order chi connectivity index (χ1) is 16.0. The summed E-state index contributed by atoms with van der Waals surface area (Å²) in [5, 5.41) is 5.63. The van der Waals surface area contributed by atoms with Crippen LogP contribution in [0.2, 0.25) is 0 Å². The molecule has 0 saturated heterocycles. The fourth-order valence-electron chi connectivity index (χ4n) is 3.70. The van der Waals surface area contributed by atoms with Gasteiger partial charge in [0.15, 0.2) is 0 Å². The maximum absolute atomic E-state index is 12.9. The Hall–Kier alpha value is -3.65. The molecule has 0 bridgehead atoms. The average molecular weight is 480 g/mol. The number of benzene rings is 3. The number of hydrogen-bond acceptors (Lipinski definition) is 4. The second-order valence-electron chi connectivity index (χ2n) is 8.32. The van der Waals surface area contributed by atoms with Gasteiger partial charge in [0.2, 0.25) is 15.9 Å². The Morgan fingerprint density at radius 1 is 0.912 bits per heavy atom. The molecule has 7 nitrogen and oxygen atoms in total. The molecule has 3 rings (SSSR count). The van der Waals surface area contributed by atoms with Crippen LogP contribution >= 0.6 is 0 Å². The lowest BCUT2D eigenvalue weighted by Gasteiger charge is -2.23. The minimum atomic E-state index is -3.72. The van der Waals surface area contributed by atoms with Crippen LogP contribution in [0.1, 0.15) is 40.0 Å².